The molecule has 0 heterocycles. The van der Waals surface area contributed by atoms with E-state index in [1.807, 2.05) is 0 Å². The van der Waals surface area contributed by atoms with Crippen LogP contribution in [-0.4, -0.2) is 0 Å². The van der Waals surface area contributed by atoms with E-state index in [1.165, 1.54) is 0 Å². The number of hydrogen-bond donors (Lipinski definition) is 0. The van der Waals surface area contributed by atoms with Crippen LogP contribution in [0.15, 0.2) is 24.3 Å². The van der Waals surface area contributed by atoms with Gasteiger partial charge >= 0.3 is 0 Å². The Morgan fingerprint density at radius 2 is 1.57 bits per heavy atom. The molecule has 0 aliphatic carbocycles. The molecule has 2 aromatic carbocycles. The van der Waals surface area contributed by atoms with Crippen molar-refractivity contribution in [3.8, 4) is 11.8 Å². The average Bonchev–Trinajstić information content (AvgIpc) is 2.45. The van der Waals surface area contributed by atoms with Crippen molar-refractivity contribution in [2.75, 3.05) is 0 Å². The van der Waals surface area contributed by atoms with Crippen LogP contribution < -0.4 is 4.74 Å². The summed E-state index contributed by atoms with van der Waals surface area (Å²) in [5.41, 5.74) is -0.00457. The Hall–Kier alpha value is -2.62. The van der Waals surface area contributed by atoms with Gasteiger partial charge in [-0.25, -0.2) is 13.2 Å². The molecule has 0 amide bonds. The van der Waals surface area contributed by atoms with Gasteiger partial charge in [-0.1, -0.05) is 0 Å². The van der Waals surface area contributed by atoms with Crippen molar-refractivity contribution in [1.29, 1.82) is 5.26 Å². The maximum Gasteiger partial charge on any atom is 0.203 e. The summed E-state index contributed by atoms with van der Waals surface area (Å²) in [4.78, 5) is 0. The molecule has 0 unspecified atom stereocenters. The summed E-state index contributed by atoms with van der Waals surface area (Å²) in [6.07, 6.45) is 0. The van der Waals surface area contributed by atoms with Crippen LogP contribution in [0.2, 0.25) is 0 Å². The maximum absolute atomic E-state index is 13.4. The van der Waals surface area contributed by atoms with Crippen LogP contribution in [0.3, 0.4) is 0 Å². The van der Waals surface area contributed by atoms with Crippen molar-refractivity contribution >= 4 is 0 Å². The van der Waals surface area contributed by atoms with Crippen molar-refractivity contribution in [3.63, 3.8) is 0 Å². The second kappa shape index (κ2) is 5.79. The van der Waals surface area contributed by atoms with Crippen LogP contribution in [-0.2, 0) is 6.61 Å². The highest BCUT2D eigenvalue weighted by molar-refractivity contribution is 5.38. The summed E-state index contributed by atoms with van der Waals surface area (Å²) in [6.45, 7) is -0.628. The highest BCUT2D eigenvalue weighted by Crippen LogP contribution is 2.27. The number of benzene rings is 2. The molecule has 0 N–H and O–H groups in total. The number of halogens is 5. The van der Waals surface area contributed by atoms with Crippen molar-refractivity contribution in [3.05, 3.63) is 64.5 Å². The molecule has 0 aliphatic rings. The second-order valence-electron chi connectivity index (χ2n) is 4.00. The minimum atomic E-state index is -1.70. The van der Waals surface area contributed by atoms with E-state index in [1.54, 1.807) is 6.07 Å². The Balaban J connectivity index is 2.34. The molecule has 108 valence electrons. The zero-order valence-corrected chi connectivity index (χ0v) is 10.3. The first-order valence-electron chi connectivity index (χ1n) is 5.58. The SMILES string of the molecule is N#Cc1ccc(F)cc1COc1c(F)c(F)cc(F)c1F. The fourth-order valence-corrected chi connectivity index (χ4v) is 1.62. The van der Waals surface area contributed by atoms with Crippen molar-refractivity contribution in [2.24, 2.45) is 0 Å². The molecule has 0 aliphatic heterocycles. The molecular formula is C14H6F5NO. The number of ether oxygens (including phenoxy) is 1. The van der Waals surface area contributed by atoms with Crippen LogP contribution in [0.1, 0.15) is 11.1 Å². The van der Waals surface area contributed by atoms with Crippen LogP contribution in [0.5, 0.6) is 5.75 Å². The Morgan fingerprint density at radius 3 is 2.14 bits per heavy atom. The summed E-state index contributed by atoms with van der Waals surface area (Å²) in [5, 5.41) is 8.81. The maximum atomic E-state index is 13.4. The zero-order chi connectivity index (χ0) is 15.6. The lowest BCUT2D eigenvalue weighted by molar-refractivity contribution is 0.261. The Kier molecular flexibility index (Phi) is 4.08. The smallest absolute Gasteiger partial charge is 0.203 e. The summed E-state index contributed by atoms with van der Waals surface area (Å²) >= 11 is 0. The fourth-order valence-electron chi connectivity index (χ4n) is 1.62. The van der Waals surface area contributed by atoms with Gasteiger partial charge in [0.25, 0.3) is 0 Å². The predicted octanol–water partition coefficient (Wildman–Crippen LogP) is 3.83. The van der Waals surface area contributed by atoms with E-state index in [0.29, 0.717) is 0 Å². The summed E-state index contributed by atoms with van der Waals surface area (Å²) in [7, 11) is 0. The first-order chi connectivity index (χ1) is 9.93. The van der Waals surface area contributed by atoms with Gasteiger partial charge in [-0.15, -0.1) is 0 Å². The normalized spacial score (nSPS) is 10.3. The third kappa shape index (κ3) is 2.94. The predicted molar refractivity (Wildman–Crippen MR) is 61.7 cm³/mol. The van der Waals surface area contributed by atoms with E-state index < -0.39 is 41.4 Å². The van der Waals surface area contributed by atoms with Gasteiger partial charge in [0, 0.05) is 11.6 Å². The molecule has 0 saturated carbocycles. The van der Waals surface area contributed by atoms with E-state index in [2.05, 4.69) is 4.74 Å². The van der Waals surface area contributed by atoms with Crippen LogP contribution >= 0.6 is 0 Å². The number of rotatable bonds is 3. The van der Waals surface area contributed by atoms with E-state index >= 15 is 0 Å². The largest absolute Gasteiger partial charge is 0.483 e. The average molecular weight is 299 g/mol. The van der Waals surface area contributed by atoms with Gasteiger partial charge in [-0.2, -0.15) is 14.0 Å². The van der Waals surface area contributed by atoms with E-state index in [0.717, 1.165) is 18.2 Å². The number of hydrogen-bond acceptors (Lipinski definition) is 2. The molecule has 0 spiro atoms. The molecule has 0 atom stereocenters. The lowest BCUT2D eigenvalue weighted by Crippen LogP contribution is -2.05. The zero-order valence-electron chi connectivity index (χ0n) is 10.3. The summed E-state index contributed by atoms with van der Waals surface area (Å²) in [6, 6.07) is 4.86. The molecule has 7 heteroatoms. The molecule has 0 saturated heterocycles. The Bertz CT molecular complexity index is 713. The van der Waals surface area contributed by atoms with Gasteiger partial charge in [0.1, 0.15) is 12.4 Å². The topological polar surface area (TPSA) is 33.0 Å². The molecule has 2 rings (SSSR count). The van der Waals surface area contributed by atoms with Gasteiger partial charge in [0.15, 0.2) is 17.4 Å². The molecule has 21 heavy (non-hydrogen) atoms. The van der Waals surface area contributed by atoms with Gasteiger partial charge < -0.3 is 4.74 Å². The molecule has 0 radical (unpaired) electrons. The summed E-state index contributed by atoms with van der Waals surface area (Å²) in [5.74, 6) is -8.61. The van der Waals surface area contributed by atoms with Gasteiger partial charge in [0.2, 0.25) is 11.6 Å². The molecule has 0 fully saturated rings. The first kappa shape index (κ1) is 14.8. The van der Waals surface area contributed by atoms with Gasteiger partial charge in [-0.05, 0) is 18.2 Å². The van der Waals surface area contributed by atoms with Gasteiger partial charge in [0.05, 0.1) is 11.6 Å². The number of nitriles is 1. The van der Waals surface area contributed by atoms with Crippen LogP contribution in [0, 0.1) is 40.4 Å². The lowest BCUT2D eigenvalue weighted by Gasteiger charge is -2.10. The van der Waals surface area contributed by atoms with Crippen molar-refractivity contribution in [2.45, 2.75) is 6.61 Å². The monoisotopic (exact) mass is 299 g/mol. The minimum Gasteiger partial charge on any atom is -0.483 e. The van der Waals surface area contributed by atoms with E-state index in [4.69, 9.17) is 5.26 Å². The Morgan fingerprint density at radius 1 is 0.952 bits per heavy atom. The quantitative estimate of drug-likeness (QED) is 0.637. The third-order valence-corrected chi connectivity index (χ3v) is 2.63. The van der Waals surface area contributed by atoms with E-state index in [9.17, 15) is 22.0 Å². The first-order valence-corrected chi connectivity index (χ1v) is 5.58. The molecule has 0 bridgehead atoms. The lowest BCUT2D eigenvalue weighted by atomic mass is 10.1. The highest BCUT2D eigenvalue weighted by Gasteiger charge is 2.21. The Labute approximate surface area is 116 Å². The fraction of sp³-hybridized carbons (Fsp3) is 0.0714. The third-order valence-electron chi connectivity index (χ3n) is 2.63. The minimum absolute atomic E-state index is 0.00842. The van der Waals surface area contributed by atoms with Crippen LogP contribution in [0.25, 0.3) is 0 Å². The number of nitrogens with zero attached hydrogens (tertiary/aromatic N) is 1. The summed E-state index contributed by atoms with van der Waals surface area (Å²) < 4.78 is 70.4. The second-order valence-corrected chi connectivity index (χ2v) is 4.00. The molecular weight excluding hydrogens is 293 g/mol. The van der Waals surface area contributed by atoms with Crippen molar-refractivity contribution < 1.29 is 26.7 Å². The molecule has 2 nitrogen and oxygen atoms in total. The highest BCUT2D eigenvalue weighted by atomic mass is 19.2. The molecule has 0 aromatic heterocycles. The van der Waals surface area contributed by atoms with Gasteiger partial charge in [-0.3, -0.25) is 0 Å². The van der Waals surface area contributed by atoms with Crippen LogP contribution in [0.4, 0.5) is 22.0 Å². The standard InChI is InChI=1S/C14H6F5NO/c15-9-2-1-7(5-20)8(3-9)6-21-14-12(18)10(16)4-11(17)13(14)19/h1-4H,6H2. The molecule has 2 aromatic rings. The van der Waals surface area contributed by atoms with E-state index in [-0.39, 0.29) is 17.2 Å². The van der Waals surface area contributed by atoms with Crippen molar-refractivity contribution in [1.82, 2.24) is 0 Å².